The van der Waals surface area contributed by atoms with E-state index >= 15 is 0 Å². The van der Waals surface area contributed by atoms with E-state index in [9.17, 15) is 9.59 Å². The number of nitrogens with one attached hydrogen (secondary N) is 1. The topological polar surface area (TPSA) is 49.4 Å². The highest BCUT2D eigenvalue weighted by atomic mass is 16.2. The van der Waals surface area contributed by atoms with Crippen LogP contribution in [0.1, 0.15) is 53.4 Å². The monoisotopic (exact) mass is 280 g/mol. The SMILES string of the molecule is CC(C)CC1NC(=O)CN(C2CCCC(C)C2C)C1=O. The van der Waals surface area contributed by atoms with E-state index < -0.39 is 0 Å². The first kappa shape index (κ1) is 15.3. The van der Waals surface area contributed by atoms with Gasteiger partial charge in [0.05, 0.1) is 6.54 Å². The fourth-order valence-electron chi connectivity index (χ4n) is 3.64. The van der Waals surface area contributed by atoms with E-state index in [1.54, 1.807) is 0 Å². The van der Waals surface area contributed by atoms with Crippen molar-refractivity contribution in [3.8, 4) is 0 Å². The molecule has 4 nitrogen and oxygen atoms in total. The molecule has 2 aliphatic rings. The Morgan fingerprint density at radius 2 is 1.95 bits per heavy atom. The summed E-state index contributed by atoms with van der Waals surface area (Å²) in [6.45, 7) is 8.91. The van der Waals surface area contributed by atoms with Crippen molar-refractivity contribution >= 4 is 11.8 Å². The zero-order valence-corrected chi connectivity index (χ0v) is 13.2. The van der Waals surface area contributed by atoms with Gasteiger partial charge in [-0.25, -0.2) is 0 Å². The summed E-state index contributed by atoms with van der Waals surface area (Å²) in [5.74, 6) is 1.66. The number of amides is 2. The Labute approximate surface area is 122 Å². The van der Waals surface area contributed by atoms with Crippen molar-refractivity contribution in [3.63, 3.8) is 0 Å². The minimum absolute atomic E-state index is 0.000626. The lowest BCUT2D eigenvalue weighted by molar-refractivity contribution is -0.149. The molecule has 2 fully saturated rings. The van der Waals surface area contributed by atoms with Crippen LogP contribution in [0.15, 0.2) is 0 Å². The van der Waals surface area contributed by atoms with Crippen molar-refractivity contribution in [2.45, 2.75) is 65.5 Å². The van der Waals surface area contributed by atoms with Crippen molar-refractivity contribution in [2.75, 3.05) is 6.54 Å². The number of carbonyl (C=O) groups is 2. The Bertz CT molecular complexity index is 381. The standard InChI is InChI=1S/C16H28N2O2/c1-10(2)8-13-16(20)18(9-15(19)17-13)14-7-5-6-11(3)12(14)4/h10-14H,5-9H2,1-4H3,(H,17,19). The minimum atomic E-state index is -0.319. The highest BCUT2D eigenvalue weighted by Gasteiger charge is 2.40. The van der Waals surface area contributed by atoms with Gasteiger partial charge in [0.25, 0.3) is 0 Å². The maximum Gasteiger partial charge on any atom is 0.245 e. The van der Waals surface area contributed by atoms with Crippen LogP contribution in [0.25, 0.3) is 0 Å². The van der Waals surface area contributed by atoms with Crippen molar-refractivity contribution in [1.29, 1.82) is 0 Å². The van der Waals surface area contributed by atoms with Gasteiger partial charge >= 0.3 is 0 Å². The average Bonchev–Trinajstić information content (AvgIpc) is 2.36. The van der Waals surface area contributed by atoms with Crippen molar-refractivity contribution in [2.24, 2.45) is 17.8 Å². The molecule has 0 aromatic heterocycles. The predicted octanol–water partition coefficient (Wildman–Crippen LogP) is 2.18. The number of carbonyl (C=O) groups excluding carboxylic acids is 2. The summed E-state index contributed by atoms with van der Waals surface area (Å²) in [5.41, 5.74) is 0. The van der Waals surface area contributed by atoms with Gasteiger partial charge < -0.3 is 10.2 Å². The molecule has 1 N–H and O–H groups in total. The normalized spacial score (nSPS) is 35.4. The van der Waals surface area contributed by atoms with Gasteiger partial charge in [0.15, 0.2) is 0 Å². The Kier molecular flexibility index (Phi) is 4.71. The lowest BCUT2D eigenvalue weighted by Crippen LogP contribution is -2.62. The summed E-state index contributed by atoms with van der Waals surface area (Å²) in [7, 11) is 0. The van der Waals surface area contributed by atoms with E-state index in [2.05, 4.69) is 33.0 Å². The molecule has 1 saturated carbocycles. The Morgan fingerprint density at radius 1 is 1.25 bits per heavy atom. The van der Waals surface area contributed by atoms with Gasteiger partial charge in [0, 0.05) is 6.04 Å². The van der Waals surface area contributed by atoms with Crippen LogP contribution in [0.2, 0.25) is 0 Å². The largest absolute Gasteiger partial charge is 0.343 e. The highest BCUT2D eigenvalue weighted by molar-refractivity contribution is 5.95. The first-order valence-corrected chi connectivity index (χ1v) is 8.00. The molecule has 114 valence electrons. The average molecular weight is 280 g/mol. The molecule has 1 aliphatic carbocycles. The number of hydrogen-bond acceptors (Lipinski definition) is 2. The second-order valence-electron chi connectivity index (χ2n) is 7.05. The van der Waals surface area contributed by atoms with Crippen LogP contribution in [0, 0.1) is 17.8 Å². The number of nitrogens with zero attached hydrogens (tertiary/aromatic N) is 1. The number of piperazine rings is 1. The summed E-state index contributed by atoms with van der Waals surface area (Å²) in [4.78, 5) is 26.5. The van der Waals surface area contributed by atoms with Crippen LogP contribution in [-0.2, 0) is 9.59 Å². The molecule has 4 heteroatoms. The van der Waals surface area contributed by atoms with Gasteiger partial charge in [-0.15, -0.1) is 0 Å². The van der Waals surface area contributed by atoms with E-state index in [4.69, 9.17) is 0 Å². The van der Waals surface area contributed by atoms with Crippen LogP contribution in [0.4, 0.5) is 0 Å². The van der Waals surface area contributed by atoms with Crippen LogP contribution >= 0.6 is 0 Å². The molecule has 2 amide bonds. The Balaban J connectivity index is 2.13. The van der Waals surface area contributed by atoms with Gasteiger partial charge in [-0.05, 0) is 30.6 Å². The Hall–Kier alpha value is -1.06. The van der Waals surface area contributed by atoms with E-state index in [1.807, 2.05) is 4.90 Å². The highest BCUT2D eigenvalue weighted by Crippen LogP contribution is 2.33. The maximum atomic E-state index is 12.7. The summed E-state index contributed by atoms with van der Waals surface area (Å²) in [5, 5.41) is 2.86. The van der Waals surface area contributed by atoms with Gasteiger partial charge in [-0.3, -0.25) is 9.59 Å². The first-order valence-electron chi connectivity index (χ1n) is 8.00. The zero-order chi connectivity index (χ0) is 14.9. The molecule has 0 aromatic carbocycles. The number of hydrogen-bond donors (Lipinski definition) is 1. The van der Waals surface area contributed by atoms with Crippen molar-refractivity contribution in [3.05, 3.63) is 0 Å². The zero-order valence-electron chi connectivity index (χ0n) is 13.2. The summed E-state index contributed by atoms with van der Waals surface area (Å²) in [6.07, 6.45) is 4.17. The molecule has 1 saturated heterocycles. The second kappa shape index (κ2) is 6.15. The van der Waals surface area contributed by atoms with Gasteiger partial charge in [0.1, 0.15) is 6.04 Å². The molecule has 4 atom stereocenters. The molecule has 0 spiro atoms. The third kappa shape index (κ3) is 3.15. The molecule has 2 rings (SSSR count). The van der Waals surface area contributed by atoms with E-state index in [0.717, 1.165) is 19.3 Å². The molecular formula is C16H28N2O2. The van der Waals surface area contributed by atoms with Crippen molar-refractivity contribution < 1.29 is 9.59 Å². The second-order valence-corrected chi connectivity index (χ2v) is 7.05. The van der Waals surface area contributed by atoms with E-state index in [-0.39, 0.29) is 30.4 Å². The van der Waals surface area contributed by atoms with Gasteiger partial charge in [0.2, 0.25) is 11.8 Å². The lowest BCUT2D eigenvalue weighted by atomic mass is 9.77. The molecule has 0 aromatic rings. The fourth-order valence-corrected chi connectivity index (χ4v) is 3.64. The third-order valence-corrected chi connectivity index (χ3v) is 5.00. The first-order chi connectivity index (χ1) is 9.40. The van der Waals surface area contributed by atoms with Gasteiger partial charge in [-0.1, -0.05) is 40.5 Å². The van der Waals surface area contributed by atoms with Gasteiger partial charge in [-0.2, -0.15) is 0 Å². The molecule has 1 heterocycles. The van der Waals surface area contributed by atoms with Crippen LogP contribution in [0.5, 0.6) is 0 Å². The number of rotatable bonds is 3. The lowest BCUT2D eigenvalue weighted by Gasteiger charge is -2.44. The molecule has 20 heavy (non-hydrogen) atoms. The smallest absolute Gasteiger partial charge is 0.245 e. The quantitative estimate of drug-likeness (QED) is 0.861. The summed E-state index contributed by atoms with van der Waals surface area (Å²) < 4.78 is 0. The van der Waals surface area contributed by atoms with E-state index in [0.29, 0.717) is 17.8 Å². The molecule has 1 aliphatic heterocycles. The predicted molar refractivity (Wildman–Crippen MR) is 79.1 cm³/mol. The third-order valence-electron chi connectivity index (χ3n) is 5.00. The van der Waals surface area contributed by atoms with Crippen molar-refractivity contribution in [1.82, 2.24) is 10.2 Å². The molecular weight excluding hydrogens is 252 g/mol. The Morgan fingerprint density at radius 3 is 2.60 bits per heavy atom. The maximum absolute atomic E-state index is 12.7. The van der Waals surface area contributed by atoms with Crippen LogP contribution < -0.4 is 5.32 Å². The molecule has 0 bridgehead atoms. The van der Waals surface area contributed by atoms with Crippen LogP contribution in [-0.4, -0.2) is 35.3 Å². The summed E-state index contributed by atoms with van der Waals surface area (Å²) >= 11 is 0. The summed E-state index contributed by atoms with van der Waals surface area (Å²) in [6, 6.07) is -0.0763. The molecule has 0 radical (unpaired) electrons. The fraction of sp³-hybridized carbons (Fsp3) is 0.875. The van der Waals surface area contributed by atoms with E-state index in [1.165, 1.54) is 6.42 Å². The molecule has 4 unspecified atom stereocenters. The van der Waals surface area contributed by atoms with Crippen LogP contribution in [0.3, 0.4) is 0 Å². The minimum Gasteiger partial charge on any atom is -0.343 e.